The molecule has 3 heterocycles. The Bertz CT molecular complexity index is 1380. The predicted octanol–water partition coefficient (Wildman–Crippen LogP) is 3.80. The first-order valence-electron chi connectivity index (χ1n) is 12.2. The summed E-state index contributed by atoms with van der Waals surface area (Å²) in [6.45, 7) is 4.36. The van der Waals surface area contributed by atoms with E-state index in [1.807, 2.05) is 47.0 Å². The number of hydrogen-bond acceptors (Lipinski definition) is 7. The Kier molecular flexibility index (Phi) is 6.73. The maximum Gasteiger partial charge on any atom is 0.250 e. The van der Waals surface area contributed by atoms with Crippen molar-refractivity contribution >= 4 is 34.1 Å². The largest absolute Gasteiger partial charge is 0.495 e. The number of fused-ring (bicyclic) bond motifs is 1. The summed E-state index contributed by atoms with van der Waals surface area (Å²) in [5.74, 6) is 1.36. The molecule has 5 rings (SSSR count). The molecule has 0 saturated carbocycles. The van der Waals surface area contributed by atoms with E-state index in [1.165, 1.54) is 25.9 Å². The van der Waals surface area contributed by atoms with Crippen molar-refractivity contribution in [3.63, 3.8) is 0 Å². The number of carbonyl (C=O) groups is 1. The van der Waals surface area contributed by atoms with E-state index in [4.69, 9.17) is 10.5 Å². The highest BCUT2D eigenvalue weighted by Gasteiger charge is 2.16. The van der Waals surface area contributed by atoms with Crippen LogP contribution in [0.5, 0.6) is 5.75 Å². The molecule has 0 spiro atoms. The van der Waals surface area contributed by atoms with E-state index in [0.717, 1.165) is 41.1 Å². The Balaban J connectivity index is 1.36. The highest BCUT2D eigenvalue weighted by atomic mass is 16.5. The van der Waals surface area contributed by atoms with E-state index in [0.29, 0.717) is 17.3 Å². The van der Waals surface area contributed by atoms with Gasteiger partial charge in [-0.3, -0.25) is 4.79 Å². The van der Waals surface area contributed by atoms with Crippen molar-refractivity contribution < 1.29 is 9.53 Å². The molecule has 9 nitrogen and oxygen atoms in total. The lowest BCUT2D eigenvalue weighted by molar-refractivity contribution is 0.100. The second kappa shape index (κ2) is 10.2. The monoisotopic (exact) mass is 485 g/mol. The van der Waals surface area contributed by atoms with Crippen LogP contribution >= 0.6 is 0 Å². The van der Waals surface area contributed by atoms with E-state index in [-0.39, 0.29) is 0 Å². The van der Waals surface area contributed by atoms with Crippen molar-refractivity contribution in [2.45, 2.75) is 12.8 Å². The van der Waals surface area contributed by atoms with E-state index in [1.54, 1.807) is 25.6 Å². The summed E-state index contributed by atoms with van der Waals surface area (Å²) in [5.41, 5.74) is 8.75. The molecule has 3 N–H and O–H groups in total. The van der Waals surface area contributed by atoms with Gasteiger partial charge in [-0.15, -0.1) is 0 Å². The van der Waals surface area contributed by atoms with Crippen molar-refractivity contribution in [3.8, 4) is 11.6 Å². The topological polar surface area (TPSA) is 102 Å². The number of ether oxygens (including phenoxy) is 1. The number of amides is 1. The number of likely N-dealkylation sites (tertiary alicyclic amines) is 1. The molecular weight excluding hydrogens is 454 g/mol. The smallest absolute Gasteiger partial charge is 0.250 e. The van der Waals surface area contributed by atoms with E-state index >= 15 is 0 Å². The number of rotatable bonds is 9. The number of primary amides is 1. The van der Waals surface area contributed by atoms with Crippen LogP contribution in [0.1, 0.15) is 23.2 Å². The number of aromatic nitrogens is 3. The Morgan fingerprint density at radius 3 is 2.75 bits per heavy atom. The number of para-hydroxylation sites is 1. The predicted molar refractivity (Wildman–Crippen MR) is 143 cm³/mol. The molecule has 1 aliphatic heterocycles. The lowest BCUT2D eigenvalue weighted by Gasteiger charge is -2.25. The van der Waals surface area contributed by atoms with Crippen LogP contribution in [0.25, 0.3) is 16.7 Å². The molecule has 1 saturated heterocycles. The van der Waals surface area contributed by atoms with Gasteiger partial charge >= 0.3 is 0 Å². The number of carbonyl (C=O) groups excluding carboxylic acids is 1. The van der Waals surface area contributed by atoms with Gasteiger partial charge in [-0.2, -0.15) is 4.98 Å². The maximum atomic E-state index is 12.0. The molecule has 2 aromatic heterocycles. The molecular formula is C27H31N7O2. The number of anilines is 3. The molecule has 1 fully saturated rings. The molecule has 9 heteroatoms. The molecule has 0 radical (unpaired) electrons. The molecule has 186 valence electrons. The molecule has 2 aromatic carbocycles. The third-order valence-electron chi connectivity index (χ3n) is 6.66. The van der Waals surface area contributed by atoms with Crippen molar-refractivity contribution in [2.24, 2.45) is 5.73 Å². The lowest BCUT2D eigenvalue weighted by atomic mass is 10.2. The van der Waals surface area contributed by atoms with Crippen LogP contribution in [0.3, 0.4) is 0 Å². The Morgan fingerprint density at radius 2 is 1.97 bits per heavy atom. The van der Waals surface area contributed by atoms with Gasteiger partial charge < -0.3 is 30.2 Å². The Hall–Kier alpha value is -4.11. The first-order valence-corrected chi connectivity index (χ1v) is 12.2. The van der Waals surface area contributed by atoms with E-state index in [2.05, 4.69) is 32.1 Å². The number of hydrogen-bond donors (Lipinski definition) is 2. The minimum absolute atomic E-state index is 0.433. The van der Waals surface area contributed by atoms with Crippen LogP contribution in [-0.4, -0.2) is 65.7 Å². The van der Waals surface area contributed by atoms with Crippen molar-refractivity contribution in [2.75, 3.05) is 50.6 Å². The van der Waals surface area contributed by atoms with Crippen LogP contribution in [0.4, 0.5) is 17.3 Å². The van der Waals surface area contributed by atoms with Gasteiger partial charge in [0.25, 0.3) is 5.91 Å². The Morgan fingerprint density at radius 1 is 1.17 bits per heavy atom. The van der Waals surface area contributed by atoms with Crippen molar-refractivity contribution in [3.05, 3.63) is 66.5 Å². The van der Waals surface area contributed by atoms with Gasteiger partial charge in [0.05, 0.1) is 23.9 Å². The summed E-state index contributed by atoms with van der Waals surface area (Å²) in [5, 5.41) is 4.06. The first kappa shape index (κ1) is 23.6. The molecule has 0 aliphatic carbocycles. The second-order valence-corrected chi connectivity index (χ2v) is 9.01. The van der Waals surface area contributed by atoms with Gasteiger partial charge in [0.15, 0.2) is 0 Å². The zero-order valence-corrected chi connectivity index (χ0v) is 20.6. The van der Waals surface area contributed by atoms with Crippen LogP contribution < -0.4 is 20.7 Å². The fraction of sp³-hybridized carbons (Fsp3) is 0.296. The highest BCUT2D eigenvalue weighted by molar-refractivity contribution is 6.06. The van der Waals surface area contributed by atoms with E-state index < -0.39 is 5.91 Å². The highest BCUT2D eigenvalue weighted by Crippen LogP contribution is 2.32. The zero-order valence-electron chi connectivity index (χ0n) is 20.6. The quantitative estimate of drug-likeness (QED) is 0.372. The summed E-state index contributed by atoms with van der Waals surface area (Å²) in [6, 6.07) is 15.4. The summed E-state index contributed by atoms with van der Waals surface area (Å²) >= 11 is 0. The molecule has 1 aliphatic rings. The van der Waals surface area contributed by atoms with Gasteiger partial charge in [0, 0.05) is 49.7 Å². The standard InChI is InChI=1S/C27H31N7O2/c1-32(15-16-33-13-5-6-14-33)23-10-9-19(17-24(23)36-2)30-27-29-12-11-25(31-27)34-18-21(26(28)35)20-7-3-4-8-22(20)34/h3-4,7-12,17-18H,5-6,13-16H2,1-2H3,(H2,28,35)(H,29,30,31). The average Bonchev–Trinajstić information content (AvgIpc) is 3.55. The third kappa shape index (κ3) is 4.83. The lowest BCUT2D eigenvalue weighted by Crippen LogP contribution is -2.31. The normalized spacial score (nSPS) is 13.7. The first-order chi connectivity index (χ1) is 17.5. The minimum Gasteiger partial charge on any atom is -0.495 e. The SMILES string of the molecule is COc1cc(Nc2nccc(-n3cc(C(N)=O)c4ccccc43)n2)ccc1N(C)CCN1CCCC1. The van der Waals surface area contributed by atoms with Gasteiger partial charge in [-0.25, -0.2) is 4.98 Å². The third-order valence-corrected chi connectivity index (χ3v) is 6.66. The molecule has 4 aromatic rings. The fourth-order valence-electron chi connectivity index (χ4n) is 4.73. The average molecular weight is 486 g/mol. The Labute approximate surface area is 210 Å². The van der Waals surface area contributed by atoms with Crippen LogP contribution in [0.15, 0.2) is 60.9 Å². The summed E-state index contributed by atoms with van der Waals surface area (Å²) in [6.07, 6.45) is 5.99. The van der Waals surface area contributed by atoms with Gasteiger partial charge in [0.1, 0.15) is 11.6 Å². The number of nitrogens with zero attached hydrogens (tertiary/aromatic N) is 5. The van der Waals surface area contributed by atoms with Gasteiger partial charge in [-0.05, 0) is 50.2 Å². The number of methoxy groups -OCH3 is 1. The number of benzene rings is 2. The number of nitrogens with two attached hydrogens (primary N) is 1. The van der Waals surface area contributed by atoms with Crippen LogP contribution in [0.2, 0.25) is 0 Å². The molecule has 36 heavy (non-hydrogen) atoms. The molecule has 1 amide bonds. The summed E-state index contributed by atoms with van der Waals surface area (Å²) in [4.78, 5) is 25.8. The minimum atomic E-state index is -0.477. The van der Waals surface area contributed by atoms with Crippen molar-refractivity contribution in [1.82, 2.24) is 19.4 Å². The summed E-state index contributed by atoms with van der Waals surface area (Å²) < 4.78 is 7.55. The van der Waals surface area contributed by atoms with E-state index in [9.17, 15) is 4.79 Å². The fourth-order valence-corrected chi connectivity index (χ4v) is 4.73. The van der Waals surface area contributed by atoms with Crippen molar-refractivity contribution in [1.29, 1.82) is 0 Å². The van der Waals surface area contributed by atoms with Gasteiger partial charge in [0.2, 0.25) is 5.95 Å². The number of nitrogens with one attached hydrogen (secondary N) is 1. The van der Waals surface area contributed by atoms with Crippen LogP contribution in [-0.2, 0) is 0 Å². The maximum absolute atomic E-state index is 12.0. The van der Waals surface area contributed by atoms with Gasteiger partial charge in [-0.1, -0.05) is 18.2 Å². The molecule has 0 bridgehead atoms. The number of likely N-dealkylation sites (N-methyl/N-ethyl adjacent to an activating group) is 1. The molecule has 0 unspecified atom stereocenters. The van der Waals surface area contributed by atoms with Crippen LogP contribution in [0, 0.1) is 0 Å². The zero-order chi connectivity index (χ0) is 25.1. The molecule has 0 atom stereocenters. The second-order valence-electron chi connectivity index (χ2n) is 9.01. The summed E-state index contributed by atoms with van der Waals surface area (Å²) in [7, 11) is 3.77.